The molecule has 0 aliphatic heterocycles. The van der Waals surface area contributed by atoms with E-state index in [4.69, 9.17) is 5.73 Å². The topological polar surface area (TPSA) is 55.1 Å². The third-order valence-electron chi connectivity index (χ3n) is 2.69. The number of nitrogen functional groups attached to an aromatic ring is 1. The highest BCUT2D eigenvalue weighted by molar-refractivity contribution is 9.10. The Balaban J connectivity index is 2.29. The fourth-order valence-corrected chi connectivity index (χ4v) is 2.02. The summed E-state index contributed by atoms with van der Waals surface area (Å²) >= 11 is 3.11. The summed E-state index contributed by atoms with van der Waals surface area (Å²) in [6.45, 7) is 0. The van der Waals surface area contributed by atoms with E-state index in [1.54, 1.807) is 12.1 Å². The summed E-state index contributed by atoms with van der Waals surface area (Å²) in [5, 5.41) is 2.42. The minimum absolute atomic E-state index is 0.0391. The Hall–Kier alpha value is -2.02. The van der Waals surface area contributed by atoms with Gasteiger partial charge in [0.1, 0.15) is 0 Å². The molecule has 0 saturated heterocycles. The van der Waals surface area contributed by atoms with Crippen molar-refractivity contribution in [3.8, 4) is 0 Å². The van der Waals surface area contributed by atoms with E-state index in [0.717, 1.165) is 12.1 Å². The fourth-order valence-electron chi connectivity index (χ4n) is 1.67. The van der Waals surface area contributed by atoms with Gasteiger partial charge in [0.05, 0.1) is 11.3 Å². The highest BCUT2D eigenvalue weighted by atomic mass is 79.9. The van der Waals surface area contributed by atoms with E-state index in [1.807, 2.05) is 0 Å². The van der Waals surface area contributed by atoms with E-state index < -0.39 is 17.6 Å². The number of rotatable bonds is 2. The van der Waals surface area contributed by atoms with Gasteiger partial charge in [-0.15, -0.1) is 0 Å². The Bertz CT molecular complexity index is 686. The van der Waals surface area contributed by atoms with E-state index in [0.29, 0.717) is 10.2 Å². The van der Waals surface area contributed by atoms with Crippen LogP contribution in [0.2, 0.25) is 0 Å². The van der Waals surface area contributed by atoms with E-state index in [9.17, 15) is 18.0 Å². The summed E-state index contributed by atoms with van der Waals surface area (Å²) in [4.78, 5) is 12.0. The molecule has 1 amide bonds. The van der Waals surface area contributed by atoms with Gasteiger partial charge in [0.25, 0.3) is 5.91 Å². The number of nitrogens with two attached hydrogens (primary N) is 1. The molecule has 2 aromatic carbocycles. The molecule has 0 spiro atoms. The quantitative estimate of drug-likeness (QED) is 0.786. The molecule has 0 radical (unpaired) electrons. The van der Waals surface area contributed by atoms with Crippen LogP contribution in [0.5, 0.6) is 0 Å². The van der Waals surface area contributed by atoms with Crippen LogP contribution in [0.4, 0.5) is 24.5 Å². The van der Waals surface area contributed by atoms with Gasteiger partial charge >= 0.3 is 6.18 Å². The van der Waals surface area contributed by atoms with Gasteiger partial charge in [0.2, 0.25) is 0 Å². The summed E-state index contributed by atoms with van der Waals surface area (Å²) in [5.41, 5.74) is 5.42. The van der Waals surface area contributed by atoms with Gasteiger partial charge in [-0.3, -0.25) is 4.79 Å². The molecule has 0 heterocycles. The largest absolute Gasteiger partial charge is 0.416 e. The van der Waals surface area contributed by atoms with Gasteiger partial charge in [-0.1, -0.05) is 6.07 Å². The van der Waals surface area contributed by atoms with Crippen molar-refractivity contribution in [3.63, 3.8) is 0 Å². The maximum absolute atomic E-state index is 12.7. The average Bonchev–Trinajstić information content (AvgIpc) is 2.40. The molecular weight excluding hydrogens is 349 g/mol. The van der Waals surface area contributed by atoms with Gasteiger partial charge < -0.3 is 11.1 Å². The van der Waals surface area contributed by atoms with Crippen molar-refractivity contribution < 1.29 is 18.0 Å². The average molecular weight is 359 g/mol. The standard InChI is InChI=1S/C14H10BrF3N2O/c15-11-5-4-9(14(16,17)18)7-12(11)20-13(21)8-2-1-3-10(19)6-8/h1-7H,19H2,(H,20,21). The zero-order valence-corrected chi connectivity index (χ0v) is 12.1. The normalized spacial score (nSPS) is 11.2. The molecular formula is C14H10BrF3N2O. The third kappa shape index (κ3) is 3.75. The summed E-state index contributed by atoms with van der Waals surface area (Å²) in [7, 11) is 0. The number of benzene rings is 2. The van der Waals surface area contributed by atoms with Crippen LogP contribution in [0.3, 0.4) is 0 Å². The summed E-state index contributed by atoms with van der Waals surface area (Å²) in [5.74, 6) is -0.540. The molecule has 0 aliphatic rings. The minimum Gasteiger partial charge on any atom is -0.399 e. The maximum Gasteiger partial charge on any atom is 0.416 e. The lowest BCUT2D eigenvalue weighted by atomic mass is 10.1. The molecule has 21 heavy (non-hydrogen) atoms. The molecule has 0 fully saturated rings. The third-order valence-corrected chi connectivity index (χ3v) is 3.38. The van der Waals surface area contributed by atoms with Gasteiger partial charge in [-0.2, -0.15) is 13.2 Å². The lowest BCUT2D eigenvalue weighted by molar-refractivity contribution is -0.137. The Kier molecular flexibility index (Phi) is 4.22. The smallest absolute Gasteiger partial charge is 0.399 e. The van der Waals surface area contributed by atoms with Crippen LogP contribution in [0, 0.1) is 0 Å². The number of alkyl halides is 3. The Morgan fingerprint density at radius 1 is 1.14 bits per heavy atom. The molecule has 3 N–H and O–H groups in total. The zero-order valence-electron chi connectivity index (χ0n) is 10.5. The molecule has 3 nitrogen and oxygen atoms in total. The highest BCUT2D eigenvalue weighted by Crippen LogP contribution is 2.34. The molecule has 0 aromatic heterocycles. The van der Waals surface area contributed by atoms with Crippen LogP contribution >= 0.6 is 15.9 Å². The second kappa shape index (κ2) is 5.77. The second-order valence-corrected chi connectivity index (χ2v) is 5.13. The number of nitrogens with one attached hydrogen (secondary N) is 1. The predicted molar refractivity (Wildman–Crippen MR) is 78.0 cm³/mol. The monoisotopic (exact) mass is 358 g/mol. The van der Waals surface area contributed by atoms with Gasteiger partial charge in [-0.05, 0) is 52.3 Å². The first-order valence-corrected chi connectivity index (χ1v) is 6.60. The number of amides is 1. The first-order valence-electron chi connectivity index (χ1n) is 5.81. The molecule has 0 saturated carbocycles. The number of anilines is 2. The number of carbonyl (C=O) groups excluding carboxylic acids is 1. The number of hydrogen-bond acceptors (Lipinski definition) is 2. The highest BCUT2D eigenvalue weighted by Gasteiger charge is 2.31. The number of halogens is 4. The lowest BCUT2D eigenvalue weighted by Gasteiger charge is -2.12. The van der Waals surface area contributed by atoms with Gasteiger partial charge in [0, 0.05) is 15.7 Å². The first kappa shape index (κ1) is 15.4. The molecule has 0 bridgehead atoms. The van der Waals surface area contributed by atoms with Crippen LogP contribution in [0.1, 0.15) is 15.9 Å². The maximum atomic E-state index is 12.7. The van der Waals surface area contributed by atoms with Crippen molar-refractivity contribution in [3.05, 3.63) is 58.1 Å². The Labute approximate surface area is 127 Å². The van der Waals surface area contributed by atoms with Crippen LogP contribution in [-0.2, 0) is 6.18 Å². The van der Waals surface area contributed by atoms with E-state index in [2.05, 4.69) is 21.2 Å². The number of hydrogen-bond donors (Lipinski definition) is 2. The summed E-state index contributed by atoms with van der Waals surface area (Å²) < 4.78 is 38.4. The zero-order chi connectivity index (χ0) is 15.6. The van der Waals surface area contributed by atoms with Gasteiger partial charge in [-0.25, -0.2) is 0 Å². The molecule has 0 aliphatic carbocycles. The molecule has 2 rings (SSSR count). The van der Waals surface area contributed by atoms with E-state index in [-0.39, 0.29) is 11.3 Å². The van der Waals surface area contributed by atoms with E-state index >= 15 is 0 Å². The fraction of sp³-hybridized carbons (Fsp3) is 0.0714. The summed E-state index contributed by atoms with van der Waals surface area (Å²) in [6, 6.07) is 9.19. The SMILES string of the molecule is Nc1cccc(C(=O)Nc2cc(C(F)(F)F)ccc2Br)c1. The molecule has 7 heteroatoms. The van der Waals surface area contributed by atoms with E-state index in [1.165, 1.54) is 18.2 Å². The molecule has 0 atom stereocenters. The van der Waals surface area contributed by atoms with Crippen LogP contribution in [0.15, 0.2) is 46.9 Å². The molecule has 110 valence electrons. The van der Waals surface area contributed by atoms with Crippen molar-refractivity contribution in [1.82, 2.24) is 0 Å². The van der Waals surface area contributed by atoms with Crippen molar-refractivity contribution in [2.24, 2.45) is 0 Å². The minimum atomic E-state index is -4.47. The van der Waals surface area contributed by atoms with Crippen molar-refractivity contribution in [1.29, 1.82) is 0 Å². The predicted octanol–water partition coefficient (Wildman–Crippen LogP) is 4.30. The Morgan fingerprint density at radius 3 is 2.48 bits per heavy atom. The lowest BCUT2D eigenvalue weighted by Crippen LogP contribution is -2.14. The van der Waals surface area contributed by atoms with Crippen molar-refractivity contribution in [2.75, 3.05) is 11.1 Å². The van der Waals surface area contributed by atoms with Crippen molar-refractivity contribution in [2.45, 2.75) is 6.18 Å². The molecule has 0 unspecified atom stereocenters. The van der Waals surface area contributed by atoms with Gasteiger partial charge in [0.15, 0.2) is 0 Å². The number of carbonyl (C=O) groups is 1. The van der Waals surface area contributed by atoms with Crippen LogP contribution < -0.4 is 11.1 Å². The Morgan fingerprint density at radius 2 is 1.86 bits per heavy atom. The first-order chi connectivity index (χ1) is 9.77. The van der Waals surface area contributed by atoms with Crippen LogP contribution in [0.25, 0.3) is 0 Å². The second-order valence-electron chi connectivity index (χ2n) is 4.27. The summed E-state index contributed by atoms with van der Waals surface area (Å²) in [6.07, 6.45) is -4.47. The van der Waals surface area contributed by atoms with Crippen LogP contribution in [-0.4, -0.2) is 5.91 Å². The molecule has 2 aromatic rings. The van der Waals surface area contributed by atoms with Crippen molar-refractivity contribution >= 4 is 33.2 Å².